The number of hydrogen-bond acceptors (Lipinski definition) is 3. The molecule has 1 aliphatic rings. The number of carbonyl (C=O) groups is 1. The second kappa shape index (κ2) is 7.63. The lowest BCUT2D eigenvalue weighted by Gasteiger charge is -2.23. The molecule has 1 aliphatic heterocycles. The minimum absolute atomic E-state index is 0.369. The smallest absolute Gasteiger partial charge is 0.407 e. The number of amides is 1. The van der Waals surface area contributed by atoms with Gasteiger partial charge in [0.15, 0.2) is 0 Å². The van der Waals surface area contributed by atoms with E-state index in [1.165, 1.54) is 24.8 Å². The van der Waals surface area contributed by atoms with Gasteiger partial charge in [-0.05, 0) is 57.7 Å². The maximum absolute atomic E-state index is 11.7. The Labute approximate surface area is 133 Å². The Hall–Kier alpha value is -1.55. The van der Waals surface area contributed by atoms with Gasteiger partial charge in [0.25, 0.3) is 0 Å². The highest BCUT2D eigenvalue weighted by atomic mass is 16.6. The number of alkyl carbamates (subject to hydrolysis) is 1. The molecule has 1 heterocycles. The molecule has 0 aliphatic carbocycles. The number of benzene rings is 1. The fraction of sp³-hybridized carbons (Fsp3) is 0.611. The number of rotatable bonds is 4. The fourth-order valence-electron chi connectivity index (χ4n) is 2.74. The molecule has 0 spiro atoms. The number of hydrogen-bond donors (Lipinski definition) is 2. The van der Waals surface area contributed by atoms with E-state index in [1.807, 2.05) is 26.8 Å². The number of nitrogens with one attached hydrogen (secondary N) is 2. The van der Waals surface area contributed by atoms with Gasteiger partial charge in [-0.3, -0.25) is 0 Å². The third-order valence-electron chi connectivity index (χ3n) is 3.72. The van der Waals surface area contributed by atoms with Gasteiger partial charge in [-0.2, -0.15) is 0 Å². The van der Waals surface area contributed by atoms with Crippen LogP contribution in [0.25, 0.3) is 0 Å². The summed E-state index contributed by atoms with van der Waals surface area (Å²) in [5, 5.41) is 6.38. The van der Waals surface area contributed by atoms with Crippen molar-refractivity contribution in [2.75, 3.05) is 6.54 Å². The van der Waals surface area contributed by atoms with E-state index in [0.717, 1.165) is 18.5 Å². The molecule has 0 saturated carbocycles. The lowest BCUT2D eigenvalue weighted by Crippen LogP contribution is -2.35. The van der Waals surface area contributed by atoms with Crippen LogP contribution in [0.1, 0.15) is 51.2 Å². The summed E-state index contributed by atoms with van der Waals surface area (Å²) in [6.45, 7) is 7.23. The van der Waals surface area contributed by atoms with Crippen molar-refractivity contribution < 1.29 is 9.53 Å². The van der Waals surface area contributed by atoms with Crippen LogP contribution in [-0.4, -0.2) is 24.3 Å². The highest BCUT2D eigenvalue weighted by molar-refractivity contribution is 5.67. The summed E-state index contributed by atoms with van der Waals surface area (Å²) in [7, 11) is 0. The molecule has 1 unspecified atom stereocenters. The largest absolute Gasteiger partial charge is 0.444 e. The summed E-state index contributed by atoms with van der Waals surface area (Å²) in [6, 6.07) is 9.02. The van der Waals surface area contributed by atoms with Crippen molar-refractivity contribution in [3.63, 3.8) is 0 Å². The van der Waals surface area contributed by atoms with E-state index in [-0.39, 0.29) is 6.09 Å². The zero-order valence-electron chi connectivity index (χ0n) is 13.9. The minimum Gasteiger partial charge on any atom is -0.444 e. The summed E-state index contributed by atoms with van der Waals surface area (Å²) < 4.78 is 5.25. The molecule has 0 bridgehead atoms. The zero-order valence-corrected chi connectivity index (χ0v) is 13.9. The van der Waals surface area contributed by atoms with Crippen LogP contribution in [0, 0.1) is 0 Å². The monoisotopic (exact) mass is 304 g/mol. The molecule has 0 aromatic heterocycles. The molecule has 1 aromatic rings. The van der Waals surface area contributed by atoms with Crippen molar-refractivity contribution in [2.45, 2.75) is 64.6 Å². The Morgan fingerprint density at radius 3 is 2.77 bits per heavy atom. The molecule has 2 N–H and O–H groups in total. The highest BCUT2D eigenvalue weighted by Crippen LogP contribution is 2.14. The topological polar surface area (TPSA) is 50.4 Å². The second-order valence-electron chi connectivity index (χ2n) is 7.03. The number of carbonyl (C=O) groups excluding carboxylic acids is 1. The molecule has 1 fully saturated rings. The maximum Gasteiger partial charge on any atom is 0.407 e. The van der Waals surface area contributed by atoms with Gasteiger partial charge in [-0.25, -0.2) is 4.79 Å². The Morgan fingerprint density at radius 2 is 2.09 bits per heavy atom. The van der Waals surface area contributed by atoms with Crippen molar-refractivity contribution in [3.8, 4) is 0 Å². The van der Waals surface area contributed by atoms with Crippen LogP contribution in [0.4, 0.5) is 4.79 Å². The van der Waals surface area contributed by atoms with Crippen LogP contribution >= 0.6 is 0 Å². The molecule has 0 radical (unpaired) electrons. The van der Waals surface area contributed by atoms with Gasteiger partial charge < -0.3 is 15.4 Å². The summed E-state index contributed by atoms with van der Waals surface area (Å²) in [6.07, 6.45) is 4.54. The molecule has 1 atom stereocenters. The van der Waals surface area contributed by atoms with Crippen LogP contribution in [-0.2, 0) is 17.7 Å². The Bertz CT molecular complexity index is 488. The quantitative estimate of drug-likeness (QED) is 0.896. The summed E-state index contributed by atoms with van der Waals surface area (Å²) >= 11 is 0. The van der Waals surface area contributed by atoms with Gasteiger partial charge in [0.2, 0.25) is 0 Å². The highest BCUT2D eigenvalue weighted by Gasteiger charge is 2.16. The molecule has 2 rings (SSSR count). The van der Waals surface area contributed by atoms with Crippen LogP contribution in [0.5, 0.6) is 0 Å². The van der Waals surface area contributed by atoms with E-state index in [1.54, 1.807) is 0 Å². The van der Waals surface area contributed by atoms with Crippen molar-refractivity contribution >= 4 is 6.09 Å². The SMILES string of the molecule is CC(C)(C)OC(=O)NCc1cccc(CC2CCCCN2)c1. The normalized spacial score (nSPS) is 18.8. The van der Waals surface area contributed by atoms with Crippen LogP contribution in [0.15, 0.2) is 24.3 Å². The predicted octanol–water partition coefficient (Wildman–Crippen LogP) is 3.40. The average molecular weight is 304 g/mol. The minimum atomic E-state index is -0.460. The van der Waals surface area contributed by atoms with Crippen molar-refractivity contribution in [1.82, 2.24) is 10.6 Å². The standard InChI is InChI=1S/C18H28N2O2/c1-18(2,3)22-17(21)20-13-15-8-6-7-14(11-15)12-16-9-4-5-10-19-16/h6-8,11,16,19H,4-5,9-10,12-13H2,1-3H3,(H,20,21). The predicted molar refractivity (Wildman–Crippen MR) is 88.9 cm³/mol. The summed E-state index contributed by atoms with van der Waals surface area (Å²) in [5.74, 6) is 0. The Balaban J connectivity index is 1.84. The van der Waals surface area contributed by atoms with Crippen molar-refractivity contribution in [3.05, 3.63) is 35.4 Å². The zero-order chi connectivity index (χ0) is 16.0. The van der Waals surface area contributed by atoms with E-state index < -0.39 is 5.60 Å². The van der Waals surface area contributed by atoms with E-state index in [9.17, 15) is 4.79 Å². The Kier molecular flexibility index (Phi) is 5.83. The van der Waals surface area contributed by atoms with E-state index in [0.29, 0.717) is 12.6 Å². The molecule has 1 amide bonds. The first-order chi connectivity index (χ1) is 10.4. The summed E-state index contributed by atoms with van der Waals surface area (Å²) in [4.78, 5) is 11.7. The van der Waals surface area contributed by atoms with Gasteiger partial charge in [-0.1, -0.05) is 30.7 Å². The van der Waals surface area contributed by atoms with E-state index in [2.05, 4.69) is 28.8 Å². The first-order valence-electron chi connectivity index (χ1n) is 8.20. The van der Waals surface area contributed by atoms with Crippen LogP contribution in [0.3, 0.4) is 0 Å². The molecular formula is C18H28N2O2. The molecular weight excluding hydrogens is 276 g/mol. The average Bonchev–Trinajstić information content (AvgIpc) is 2.45. The van der Waals surface area contributed by atoms with Gasteiger partial charge in [0.05, 0.1) is 0 Å². The Morgan fingerprint density at radius 1 is 1.32 bits per heavy atom. The first-order valence-corrected chi connectivity index (χ1v) is 8.20. The van der Waals surface area contributed by atoms with Crippen molar-refractivity contribution in [1.29, 1.82) is 0 Å². The molecule has 1 saturated heterocycles. The molecule has 122 valence electrons. The van der Waals surface area contributed by atoms with E-state index in [4.69, 9.17) is 4.74 Å². The van der Waals surface area contributed by atoms with E-state index >= 15 is 0 Å². The molecule has 22 heavy (non-hydrogen) atoms. The maximum atomic E-state index is 11.7. The number of piperidine rings is 1. The third-order valence-corrected chi connectivity index (χ3v) is 3.72. The van der Waals surface area contributed by atoms with Gasteiger partial charge >= 0.3 is 6.09 Å². The lowest BCUT2D eigenvalue weighted by atomic mass is 9.97. The van der Waals surface area contributed by atoms with Gasteiger partial charge in [0, 0.05) is 12.6 Å². The van der Waals surface area contributed by atoms with Crippen LogP contribution in [0.2, 0.25) is 0 Å². The first kappa shape index (κ1) is 16.8. The third kappa shape index (κ3) is 6.06. The number of ether oxygens (including phenoxy) is 1. The van der Waals surface area contributed by atoms with Crippen LogP contribution < -0.4 is 10.6 Å². The van der Waals surface area contributed by atoms with Crippen molar-refractivity contribution in [2.24, 2.45) is 0 Å². The van der Waals surface area contributed by atoms with Gasteiger partial charge in [-0.15, -0.1) is 0 Å². The molecule has 1 aromatic carbocycles. The van der Waals surface area contributed by atoms with Gasteiger partial charge in [0.1, 0.15) is 5.60 Å². The summed E-state index contributed by atoms with van der Waals surface area (Å²) in [5.41, 5.74) is 1.97. The molecule has 4 heteroatoms. The molecule has 4 nitrogen and oxygen atoms in total. The lowest BCUT2D eigenvalue weighted by molar-refractivity contribution is 0.0523. The second-order valence-corrected chi connectivity index (χ2v) is 7.03. The fourth-order valence-corrected chi connectivity index (χ4v) is 2.74.